The van der Waals surface area contributed by atoms with Crippen LogP contribution in [0.5, 0.6) is 0 Å². The minimum atomic E-state index is 0.672. The minimum absolute atomic E-state index is 0.672. The number of likely N-dealkylation sites (tertiary alicyclic amines) is 1. The van der Waals surface area contributed by atoms with E-state index in [9.17, 15) is 0 Å². The third-order valence-electron chi connectivity index (χ3n) is 4.04. The van der Waals surface area contributed by atoms with Crippen molar-refractivity contribution in [2.75, 3.05) is 13.6 Å². The summed E-state index contributed by atoms with van der Waals surface area (Å²) in [7, 11) is 2.09. The Morgan fingerprint density at radius 2 is 2.31 bits per heavy atom. The zero-order valence-corrected chi connectivity index (χ0v) is 11.3. The molecular weight excluding hydrogens is 216 g/mol. The summed E-state index contributed by atoms with van der Waals surface area (Å²) >= 11 is 1.80. The molecule has 2 rings (SSSR count). The molecule has 0 amide bonds. The molecule has 16 heavy (non-hydrogen) atoms. The number of nitrogens with zero attached hydrogens (tertiary/aromatic N) is 1. The topological polar surface area (TPSA) is 15.3 Å². The van der Waals surface area contributed by atoms with Crippen LogP contribution < -0.4 is 5.32 Å². The molecule has 0 spiro atoms. The maximum Gasteiger partial charge on any atom is 0.0244 e. The van der Waals surface area contributed by atoms with Gasteiger partial charge < -0.3 is 5.32 Å². The first-order valence-corrected chi connectivity index (χ1v) is 7.09. The van der Waals surface area contributed by atoms with Crippen molar-refractivity contribution in [2.45, 2.75) is 38.9 Å². The summed E-state index contributed by atoms with van der Waals surface area (Å²) in [5, 5.41) is 7.87. The van der Waals surface area contributed by atoms with Gasteiger partial charge in [0.25, 0.3) is 0 Å². The SMILES string of the molecule is CNC1CCN(Cc2ccsc2)C(C)C1C. The van der Waals surface area contributed by atoms with Crippen LogP contribution in [0.4, 0.5) is 0 Å². The average Bonchev–Trinajstić information content (AvgIpc) is 2.78. The quantitative estimate of drug-likeness (QED) is 0.870. The van der Waals surface area contributed by atoms with Gasteiger partial charge in [-0.25, -0.2) is 0 Å². The Balaban J connectivity index is 1.97. The maximum atomic E-state index is 3.44. The lowest BCUT2D eigenvalue weighted by Crippen LogP contribution is -2.52. The lowest BCUT2D eigenvalue weighted by molar-refractivity contribution is 0.0812. The molecule has 0 aromatic carbocycles. The number of piperidine rings is 1. The highest BCUT2D eigenvalue weighted by Crippen LogP contribution is 2.25. The van der Waals surface area contributed by atoms with Crippen LogP contribution in [0.25, 0.3) is 0 Å². The third-order valence-corrected chi connectivity index (χ3v) is 4.77. The van der Waals surface area contributed by atoms with Gasteiger partial charge in [0.2, 0.25) is 0 Å². The van der Waals surface area contributed by atoms with Crippen LogP contribution in [0, 0.1) is 5.92 Å². The van der Waals surface area contributed by atoms with E-state index in [1.54, 1.807) is 11.3 Å². The van der Waals surface area contributed by atoms with Crippen LogP contribution in [0.3, 0.4) is 0 Å². The summed E-state index contributed by atoms with van der Waals surface area (Å²) in [6, 6.07) is 3.60. The molecule has 3 unspecified atom stereocenters. The Hall–Kier alpha value is -0.380. The highest BCUT2D eigenvalue weighted by atomic mass is 32.1. The first-order chi connectivity index (χ1) is 7.72. The fourth-order valence-corrected chi connectivity index (χ4v) is 3.35. The predicted molar refractivity (Wildman–Crippen MR) is 70.8 cm³/mol. The molecule has 2 heterocycles. The second-order valence-corrected chi connectivity index (χ2v) is 5.67. The molecule has 3 atom stereocenters. The smallest absolute Gasteiger partial charge is 0.0244 e. The number of hydrogen-bond donors (Lipinski definition) is 1. The highest BCUT2D eigenvalue weighted by molar-refractivity contribution is 7.07. The largest absolute Gasteiger partial charge is 0.317 e. The first kappa shape index (κ1) is 12.1. The molecule has 2 nitrogen and oxygen atoms in total. The van der Waals surface area contributed by atoms with Crippen LogP contribution in [0.15, 0.2) is 16.8 Å². The van der Waals surface area contributed by atoms with Crippen molar-refractivity contribution >= 4 is 11.3 Å². The summed E-state index contributed by atoms with van der Waals surface area (Å²) in [4.78, 5) is 2.61. The summed E-state index contributed by atoms with van der Waals surface area (Å²) in [6.07, 6.45) is 1.27. The van der Waals surface area contributed by atoms with Crippen LogP contribution >= 0.6 is 11.3 Å². The molecule has 90 valence electrons. The van der Waals surface area contributed by atoms with Gasteiger partial charge in [-0.2, -0.15) is 11.3 Å². The standard InChI is InChI=1S/C13H22N2S/c1-10-11(2)15(6-4-13(10)14-3)8-12-5-7-16-9-12/h5,7,9-11,13-14H,4,6,8H2,1-3H3. The molecule has 0 bridgehead atoms. The summed E-state index contributed by atoms with van der Waals surface area (Å²) in [5.74, 6) is 0.734. The van der Waals surface area contributed by atoms with Gasteiger partial charge in [0, 0.05) is 25.2 Å². The van der Waals surface area contributed by atoms with E-state index in [4.69, 9.17) is 0 Å². The highest BCUT2D eigenvalue weighted by Gasteiger charge is 2.31. The van der Waals surface area contributed by atoms with Crippen LogP contribution in [0.2, 0.25) is 0 Å². The van der Waals surface area contributed by atoms with Crippen LogP contribution in [-0.2, 0) is 6.54 Å². The van der Waals surface area contributed by atoms with Gasteiger partial charge in [0.1, 0.15) is 0 Å². The van der Waals surface area contributed by atoms with Crippen LogP contribution in [-0.4, -0.2) is 30.6 Å². The average molecular weight is 238 g/mol. The number of thiophene rings is 1. The Morgan fingerprint density at radius 3 is 2.94 bits per heavy atom. The zero-order chi connectivity index (χ0) is 11.5. The normalized spacial score (nSPS) is 31.8. The second kappa shape index (κ2) is 5.30. The monoisotopic (exact) mass is 238 g/mol. The number of hydrogen-bond acceptors (Lipinski definition) is 3. The van der Waals surface area contributed by atoms with E-state index in [1.807, 2.05) is 0 Å². The van der Waals surface area contributed by atoms with E-state index >= 15 is 0 Å². The van der Waals surface area contributed by atoms with Crippen molar-refractivity contribution in [3.63, 3.8) is 0 Å². The molecule has 0 aliphatic carbocycles. The molecule has 1 N–H and O–H groups in total. The predicted octanol–water partition coefficient (Wildman–Crippen LogP) is 2.57. The van der Waals surface area contributed by atoms with Crippen molar-refractivity contribution < 1.29 is 0 Å². The lowest BCUT2D eigenvalue weighted by atomic mass is 9.87. The van der Waals surface area contributed by atoms with Gasteiger partial charge in [-0.1, -0.05) is 6.92 Å². The fraction of sp³-hybridized carbons (Fsp3) is 0.692. The van der Waals surface area contributed by atoms with E-state index in [0.29, 0.717) is 12.1 Å². The van der Waals surface area contributed by atoms with Gasteiger partial charge >= 0.3 is 0 Å². The minimum Gasteiger partial charge on any atom is -0.317 e. The Bertz CT molecular complexity index is 310. The molecule has 1 aliphatic rings. The second-order valence-electron chi connectivity index (χ2n) is 4.89. The van der Waals surface area contributed by atoms with Gasteiger partial charge in [0.15, 0.2) is 0 Å². The molecule has 0 radical (unpaired) electrons. The summed E-state index contributed by atoms with van der Waals surface area (Å²) in [6.45, 7) is 7.06. The Morgan fingerprint density at radius 1 is 1.50 bits per heavy atom. The van der Waals surface area contributed by atoms with Crippen molar-refractivity contribution in [2.24, 2.45) is 5.92 Å². The van der Waals surface area contributed by atoms with Crippen molar-refractivity contribution in [1.82, 2.24) is 10.2 Å². The van der Waals surface area contributed by atoms with Crippen LogP contribution in [0.1, 0.15) is 25.8 Å². The number of rotatable bonds is 3. The van der Waals surface area contributed by atoms with E-state index in [2.05, 4.69) is 47.9 Å². The van der Waals surface area contributed by atoms with Gasteiger partial charge in [0.05, 0.1) is 0 Å². The van der Waals surface area contributed by atoms with E-state index in [1.165, 1.54) is 18.5 Å². The van der Waals surface area contributed by atoms with E-state index < -0.39 is 0 Å². The molecule has 1 saturated heterocycles. The molecule has 1 aromatic rings. The maximum absolute atomic E-state index is 3.44. The molecule has 3 heteroatoms. The van der Waals surface area contributed by atoms with E-state index in [-0.39, 0.29) is 0 Å². The van der Waals surface area contributed by atoms with Crippen molar-refractivity contribution in [3.8, 4) is 0 Å². The Kier molecular flexibility index (Phi) is 4.00. The van der Waals surface area contributed by atoms with Crippen molar-refractivity contribution in [1.29, 1.82) is 0 Å². The zero-order valence-electron chi connectivity index (χ0n) is 10.4. The third kappa shape index (κ3) is 2.47. The molecule has 1 fully saturated rings. The first-order valence-electron chi connectivity index (χ1n) is 6.14. The van der Waals surface area contributed by atoms with Crippen molar-refractivity contribution in [3.05, 3.63) is 22.4 Å². The van der Waals surface area contributed by atoms with Gasteiger partial charge in [-0.3, -0.25) is 4.90 Å². The number of nitrogens with one attached hydrogen (secondary N) is 1. The summed E-state index contributed by atoms with van der Waals surface area (Å²) in [5.41, 5.74) is 1.46. The molecule has 1 aromatic heterocycles. The molecule has 0 saturated carbocycles. The molecular formula is C13H22N2S. The summed E-state index contributed by atoms with van der Waals surface area (Å²) < 4.78 is 0. The Labute approximate surface area is 103 Å². The molecule has 1 aliphatic heterocycles. The van der Waals surface area contributed by atoms with Gasteiger partial charge in [-0.15, -0.1) is 0 Å². The van der Waals surface area contributed by atoms with Gasteiger partial charge in [-0.05, 0) is 48.7 Å². The lowest BCUT2D eigenvalue weighted by Gasteiger charge is -2.42. The van der Waals surface area contributed by atoms with E-state index in [0.717, 1.165) is 12.5 Å². The fourth-order valence-electron chi connectivity index (χ4n) is 2.69.